The molecular formula is C16H11F3N2O3. The zero-order valence-electron chi connectivity index (χ0n) is 12.4. The van der Waals surface area contributed by atoms with E-state index in [9.17, 15) is 18.0 Å². The molecular weight excluding hydrogens is 325 g/mol. The van der Waals surface area contributed by atoms with Crippen molar-refractivity contribution >= 4 is 16.9 Å². The van der Waals surface area contributed by atoms with Crippen molar-refractivity contribution in [1.29, 1.82) is 0 Å². The third-order valence-corrected chi connectivity index (χ3v) is 3.28. The highest BCUT2D eigenvalue weighted by atomic mass is 19.4. The standard InChI is InChI=1S/C16H11F3N2O3/c1-23-15(22)14-12-4-2-3-5-13(12)21(20-14)10-6-8-11(9-7-10)24-16(17,18)19/h2-9H,1H3. The number of ether oxygens (including phenoxy) is 2. The summed E-state index contributed by atoms with van der Waals surface area (Å²) < 4.78 is 46.6. The Morgan fingerprint density at radius 1 is 1.08 bits per heavy atom. The highest BCUT2D eigenvalue weighted by Gasteiger charge is 2.31. The largest absolute Gasteiger partial charge is 0.573 e. The number of carbonyl (C=O) groups is 1. The normalized spacial score (nSPS) is 11.5. The molecule has 0 amide bonds. The number of hydrogen-bond acceptors (Lipinski definition) is 4. The van der Waals surface area contributed by atoms with Gasteiger partial charge in [-0.3, -0.25) is 0 Å². The van der Waals surface area contributed by atoms with E-state index in [0.717, 1.165) is 0 Å². The van der Waals surface area contributed by atoms with Gasteiger partial charge in [-0.1, -0.05) is 18.2 Å². The van der Waals surface area contributed by atoms with Crippen LogP contribution in [0.15, 0.2) is 48.5 Å². The predicted molar refractivity (Wildman–Crippen MR) is 79.1 cm³/mol. The molecule has 0 aliphatic heterocycles. The van der Waals surface area contributed by atoms with E-state index in [1.54, 1.807) is 24.3 Å². The van der Waals surface area contributed by atoms with E-state index >= 15 is 0 Å². The van der Waals surface area contributed by atoms with Crippen molar-refractivity contribution in [3.63, 3.8) is 0 Å². The van der Waals surface area contributed by atoms with Crippen LogP contribution in [0.2, 0.25) is 0 Å². The fraction of sp³-hybridized carbons (Fsp3) is 0.125. The molecule has 3 aromatic rings. The molecule has 0 N–H and O–H groups in total. The van der Waals surface area contributed by atoms with Crippen LogP contribution in [0.25, 0.3) is 16.6 Å². The summed E-state index contributed by atoms with van der Waals surface area (Å²) in [6, 6.07) is 12.2. The van der Waals surface area contributed by atoms with Crippen LogP contribution in [0.5, 0.6) is 5.75 Å². The minimum atomic E-state index is -4.75. The predicted octanol–water partition coefficient (Wildman–Crippen LogP) is 3.71. The van der Waals surface area contributed by atoms with Crippen molar-refractivity contribution in [1.82, 2.24) is 9.78 Å². The van der Waals surface area contributed by atoms with Crippen molar-refractivity contribution in [3.8, 4) is 11.4 Å². The van der Waals surface area contributed by atoms with Gasteiger partial charge in [0.1, 0.15) is 5.75 Å². The zero-order chi connectivity index (χ0) is 17.3. The van der Waals surface area contributed by atoms with Gasteiger partial charge in [0.15, 0.2) is 5.69 Å². The molecule has 5 nitrogen and oxygen atoms in total. The summed E-state index contributed by atoms with van der Waals surface area (Å²) in [6.07, 6.45) is -4.75. The molecule has 0 fully saturated rings. The molecule has 124 valence electrons. The molecule has 0 saturated carbocycles. The summed E-state index contributed by atoms with van der Waals surface area (Å²) in [6.45, 7) is 0. The number of rotatable bonds is 3. The van der Waals surface area contributed by atoms with Gasteiger partial charge in [-0.05, 0) is 30.3 Å². The Bertz CT molecular complexity index is 886. The minimum Gasteiger partial charge on any atom is -0.464 e. The van der Waals surface area contributed by atoms with E-state index in [1.165, 1.54) is 36.1 Å². The van der Waals surface area contributed by atoms with E-state index in [4.69, 9.17) is 4.74 Å². The molecule has 8 heteroatoms. The maximum atomic E-state index is 12.2. The quantitative estimate of drug-likeness (QED) is 0.684. The monoisotopic (exact) mass is 336 g/mol. The number of nitrogens with zero attached hydrogens (tertiary/aromatic N) is 2. The van der Waals surface area contributed by atoms with E-state index in [2.05, 4.69) is 9.84 Å². The molecule has 0 aliphatic carbocycles. The van der Waals surface area contributed by atoms with Gasteiger partial charge in [0, 0.05) is 5.39 Å². The summed E-state index contributed by atoms with van der Waals surface area (Å²) >= 11 is 0. The average molecular weight is 336 g/mol. The molecule has 0 aliphatic rings. The number of para-hydroxylation sites is 1. The lowest BCUT2D eigenvalue weighted by molar-refractivity contribution is -0.274. The fourth-order valence-electron chi connectivity index (χ4n) is 2.30. The molecule has 0 bridgehead atoms. The number of fused-ring (bicyclic) bond motifs is 1. The van der Waals surface area contributed by atoms with Gasteiger partial charge >= 0.3 is 12.3 Å². The first-order chi connectivity index (χ1) is 11.4. The summed E-state index contributed by atoms with van der Waals surface area (Å²) in [5.41, 5.74) is 1.24. The van der Waals surface area contributed by atoms with Gasteiger partial charge < -0.3 is 9.47 Å². The number of carbonyl (C=O) groups excluding carboxylic acids is 1. The Kier molecular flexibility index (Phi) is 3.88. The number of halogens is 3. The van der Waals surface area contributed by atoms with Gasteiger partial charge in [-0.15, -0.1) is 13.2 Å². The third-order valence-electron chi connectivity index (χ3n) is 3.28. The number of methoxy groups -OCH3 is 1. The maximum Gasteiger partial charge on any atom is 0.573 e. The van der Waals surface area contributed by atoms with Crippen molar-refractivity contribution in [2.75, 3.05) is 7.11 Å². The molecule has 2 aromatic carbocycles. The van der Waals surface area contributed by atoms with Gasteiger partial charge in [-0.2, -0.15) is 5.10 Å². The first-order valence-corrected chi connectivity index (χ1v) is 6.81. The molecule has 1 aromatic heterocycles. The molecule has 1 heterocycles. The molecule has 3 rings (SSSR count). The Balaban J connectivity index is 2.05. The third kappa shape index (κ3) is 3.03. The first-order valence-electron chi connectivity index (χ1n) is 6.81. The number of hydrogen-bond donors (Lipinski definition) is 0. The van der Waals surface area contributed by atoms with Crippen LogP contribution in [0.4, 0.5) is 13.2 Å². The van der Waals surface area contributed by atoms with Crippen molar-refractivity contribution in [3.05, 3.63) is 54.2 Å². The van der Waals surface area contributed by atoms with Crippen molar-refractivity contribution in [2.45, 2.75) is 6.36 Å². The van der Waals surface area contributed by atoms with Crippen LogP contribution < -0.4 is 4.74 Å². The van der Waals surface area contributed by atoms with Crippen LogP contribution in [-0.2, 0) is 4.74 Å². The smallest absolute Gasteiger partial charge is 0.464 e. The number of aromatic nitrogens is 2. The summed E-state index contributed by atoms with van der Waals surface area (Å²) in [4.78, 5) is 11.8. The molecule has 24 heavy (non-hydrogen) atoms. The van der Waals surface area contributed by atoms with E-state index < -0.39 is 12.3 Å². The second-order valence-electron chi connectivity index (χ2n) is 4.81. The van der Waals surface area contributed by atoms with Gasteiger partial charge in [-0.25, -0.2) is 9.48 Å². The number of alkyl halides is 3. The van der Waals surface area contributed by atoms with Crippen LogP contribution >= 0.6 is 0 Å². The Morgan fingerprint density at radius 2 is 1.75 bits per heavy atom. The Hall–Kier alpha value is -3.03. The van der Waals surface area contributed by atoms with Crippen molar-refractivity contribution < 1.29 is 27.4 Å². The Labute approximate surface area is 134 Å². The number of benzene rings is 2. The maximum absolute atomic E-state index is 12.2. The van der Waals surface area contributed by atoms with Gasteiger partial charge in [0.05, 0.1) is 18.3 Å². The lowest BCUT2D eigenvalue weighted by atomic mass is 10.2. The lowest BCUT2D eigenvalue weighted by Gasteiger charge is -2.09. The molecule has 0 radical (unpaired) electrons. The topological polar surface area (TPSA) is 53.3 Å². The average Bonchev–Trinajstić information content (AvgIpc) is 2.93. The lowest BCUT2D eigenvalue weighted by Crippen LogP contribution is -2.17. The fourth-order valence-corrected chi connectivity index (χ4v) is 2.30. The summed E-state index contributed by atoms with van der Waals surface area (Å²) in [7, 11) is 1.25. The van der Waals surface area contributed by atoms with Gasteiger partial charge in [0.25, 0.3) is 0 Å². The zero-order valence-corrected chi connectivity index (χ0v) is 12.4. The molecule has 0 unspecified atom stereocenters. The van der Waals surface area contributed by atoms with E-state index in [1.807, 2.05) is 0 Å². The summed E-state index contributed by atoms with van der Waals surface area (Å²) in [5.74, 6) is -0.933. The highest BCUT2D eigenvalue weighted by Crippen LogP contribution is 2.26. The number of esters is 1. The second kappa shape index (κ2) is 5.88. The van der Waals surface area contributed by atoms with Gasteiger partial charge in [0.2, 0.25) is 0 Å². The Morgan fingerprint density at radius 3 is 2.38 bits per heavy atom. The second-order valence-corrected chi connectivity index (χ2v) is 4.81. The molecule has 0 spiro atoms. The van der Waals surface area contributed by atoms with E-state index in [0.29, 0.717) is 16.6 Å². The summed E-state index contributed by atoms with van der Waals surface area (Å²) in [5, 5.41) is 4.80. The van der Waals surface area contributed by atoms with Crippen LogP contribution in [0, 0.1) is 0 Å². The first kappa shape index (κ1) is 15.9. The highest BCUT2D eigenvalue weighted by molar-refractivity contribution is 6.02. The molecule has 0 saturated heterocycles. The van der Waals surface area contributed by atoms with E-state index in [-0.39, 0.29) is 11.4 Å². The molecule has 0 atom stereocenters. The van der Waals surface area contributed by atoms with Crippen LogP contribution in [0.1, 0.15) is 10.5 Å². The van der Waals surface area contributed by atoms with Crippen LogP contribution in [-0.4, -0.2) is 29.2 Å². The SMILES string of the molecule is COC(=O)c1nn(-c2ccc(OC(F)(F)F)cc2)c2ccccc12. The van der Waals surface area contributed by atoms with Crippen molar-refractivity contribution in [2.24, 2.45) is 0 Å². The minimum absolute atomic E-state index is 0.128. The van der Waals surface area contributed by atoms with Crippen LogP contribution in [0.3, 0.4) is 0 Å².